The molecule has 0 saturated carbocycles. The number of halogens is 2. The predicted molar refractivity (Wildman–Crippen MR) is 80.0 cm³/mol. The van der Waals surface area contributed by atoms with Gasteiger partial charge in [0.25, 0.3) is 0 Å². The molecule has 0 bridgehead atoms. The minimum absolute atomic E-state index is 0.633. The van der Waals surface area contributed by atoms with E-state index in [0.29, 0.717) is 10.8 Å². The second-order valence-electron chi connectivity index (χ2n) is 4.00. The van der Waals surface area contributed by atoms with Crippen LogP contribution in [0.2, 0.25) is 5.02 Å². The van der Waals surface area contributed by atoms with E-state index in [2.05, 4.69) is 28.9 Å². The molecule has 2 aromatic carbocycles. The molecule has 0 aliphatic heterocycles. The summed E-state index contributed by atoms with van der Waals surface area (Å²) in [6.07, 6.45) is 0.994. The first-order chi connectivity index (χ1) is 8.72. The van der Waals surface area contributed by atoms with E-state index in [1.165, 1.54) is 5.56 Å². The largest absolute Gasteiger partial charge is 0.456 e. The fourth-order valence-corrected chi connectivity index (χ4v) is 2.26. The second kappa shape index (κ2) is 6.26. The van der Waals surface area contributed by atoms with Crippen LogP contribution in [0.1, 0.15) is 18.1 Å². The van der Waals surface area contributed by atoms with Gasteiger partial charge in [0.1, 0.15) is 11.5 Å². The fourth-order valence-electron chi connectivity index (χ4n) is 1.67. The Morgan fingerprint density at radius 1 is 1.11 bits per heavy atom. The summed E-state index contributed by atoms with van der Waals surface area (Å²) in [5, 5.41) is 1.42. The van der Waals surface area contributed by atoms with Crippen LogP contribution in [0.15, 0.2) is 42.5 Å². The minimum atomic E-state index is 0.633. The first kappa shape index (κ1) is 13.4. The van der Waals surface area contributed by atoms with Gasteiger partial charge in [0.05, 0.1) is 5.02 Å². The molecular formula is C15H14BrClO. The first-order valence-corrected chi connectivity index (χ1v) is 7.34. The van der Waals surface area contributed by atoms with Crippen LogP contribution in [0, 0.1) is 0 Å². The quantitative estimate of drug-likeness (QED) is 0.666. The maximum atomic E-state index is 6.19. The van der Waals surface area contributed by atoms with Crippen molar-refractivity contribution in [2.45, 2.75) is 18.7 Å². The molecule has 0 atom stereocenters. The van der Waals surface area contributed by atoms with Gasteiger partial charge in [-0.15, -0.1) is 0 Å². The highest BCUT2D eigenvalue weighted by molar-refractivity contribution is 9.08. The highest BCUT2D eigenvalue weighted by Gasteiger charge is 2.04. The Labute approximate surface area is 121 Å². The molecule has 94 valence electrons. The minimum Gasteiger partial charge on any atom is -0.456 e. The van der Waals surface area contributed by atoms with Crippen molar-refractivity contribution in [1.82, 2.24) is 0 Å². The summed E-state index contributed by atoms with van der Waals surface area (Å²) in [4.78, 5) is 0. The predicted octanol–water partition coefficient (Wildman–Crippen LogP) is 5.59. The topological polar surface area (TPSA) is 9.23 Å². The molecule has 2 rings (SSSR count). The number of aryl methyl sites for hydroxylation is 1. The number of ether oxygens (including phenoxy) is 1. The van der Waals surface area contributed by atoms with Gasteiger partial charge in [0, 0.05) is 5.33 Å². The summed E-state index contributed by atoms with van der Waals surface area (Å²) in [5.41, 5.74) is 2.38. The number of benzene rings is 2. The molecule has 0 saturated heterocycles. The third-order valence-electron chi connectivity index (χ3n) is 2.69. The molecule has 0 radical (unpaired) electrons. The summed E-state index contributed by atoms with van der Waals surface area (Å²) >= 11 is 9.59. The van der Waals surface area contributed by atoms with Crippen molar-refractivity contribution >= 4 is 27.5 Å². The molecule has 0 heterocycles. The average molecular weight is 326 g/mol. The Bertz CT molecular complexity index is 540. The standard InChI is InChI=1S/C15H14BrClO/c1-2-11-4-3-5-13(8-11)18-15-7-6-12(10-16)9-14(15)17/h3-9H,2,10H2,1H3. The lowest BCUT2D eigenvalue weighted by molar-refractivity contribution is 0.482. The van der Waals surface area contributed by atoms with E-state index in [9.17, 15) is 0 Å². The summed E-state index contributed by atoms with van der Waals surface area (Å²) in [6, 6.07) is 13.9. The van der Waals surface area contributed by atoms with Crippen molar-refractivity contribution < 1.29 is 4.74 Å². The van der Waals surface area contributed by atoms with E-state index in [-0.39, 0.29) is 0 Å². The highest BCUT2D eigenvalue weighted by atomic mass is 79.9. The van der Waals surface area contributed by atoms with E-state index >= 15 is 0 Å². The summed E-state index contributed by atoms with van der Waals surface area (Å²) in [6.45, 7) is 2.12. The van der Waals surface area contributed by atoms with Gasteiger partial charge >= 0.3 is 0 Å². The van der Waals surface area contributed by atoms with Gasteiger partial charge < -0.3 is 4.74 Å². The third-order valence-corrected chi connectivity index (χ3v) is 3.63. The molecule has 18 heavy (non-hydrogen) atoms. The molecule has 0 aromatic heterocycles. The van der Waals surface area contributed by atoms with E-state index in [4.69, 9.17) is 16.3 Å². The van der Waals surface area contributed by atoms with Crippen molar-refractivity contribution in [3.05, 3.63) is 58.6 Å². The summed E-state index contributed by atoms with van der Waals surface area (Å²) in [7, 11) is 0. The van der Waals surface area contributed by atoms with Crippen LogP contribution in [0.3, 0.4) is 0 Å². The van der Waals surface area contributed by atoms with Crippen LogP contribution in [-0.2, 0) is 11.8 Å². The van der Waals surface area contributed by atoms with Crippen molar-refractivity contribution in [3.63, 3.8) is 0 Å². The molecule has 2 aromatic rings. The molecule has 3 heteroatoms. The maximum Gasteiger partial charge on any atom is 0.146 e. The van der Waals surface area contributed by atoms with Crippen LogP contribution in [0.5, 0.6) is 11.5 Å². The Hall–Kier alpha value is -0.990. The third kappa shape index (κ3) is 3.27. The lowest BCUT2D eigenvalue weighted by Gasteiger charge is -2.09. The monoisotopic (exact) mass is 324 g/mol. The summed E-state index contributed by atoms with van der Waals surface area (Å²) < 4.78 is 5.80. The fraction of sp³-hybridized carbons (Fsp3) is 0.200. The zero-order chi connectivity index (χ0) is 13.0. The number of alkyl halides is 1. The molecular weight excluding hydrogens is 312 g/mol. The van der Waals surface area contributed by atoms with Crippen LogP contribution in [-0.4, -0.2) is 0 Å². The lowest BCUT2D eigenvalue weighted by atomic mass is 10.2. The molecule has 0 N–H and O–H groups in total. The van der Waals surface area contributed by atoms with E-state index in [1.54, 1.807) is 0 Å². The maximum absolute atomic E-state index is 6.19. The highest BCUT2D eigenvalue weighted by Crippen LogP contribution is 2.31. The Kier molecular flexibility index (Phi) is 4.67. The van der Waals surface area contributed by atoms with E-state index in [0.717, 1.165) is 23.1 Å². The smallest absolute Gasteiger partial charge is 0.146 e. The van der Waals surface area contributed by atoms with Crippen LogP contribution in [0.4, 0.5) is 0 Å². The van der Waals surface area contributed by atoms with Crippen molar-refractivity contribution in [3.8, 4) is 11.5 Å². The molecule has 0 fully saturated rings. The molecule has 0 spiro atoms. The van der Waals surface area contributed by atoms with Gasteiger partial charge in [-0.05, 0) is 41.8 Å². The molecule has 1 nitrogen and oxygen atoms in total. The Balaban J connectivity index is 2.22. The Morgan fingerprint density at radius 2 is 1.94 bits per heavy atom. The number of rotatable bonds is 4. The Morgan fingerprint density at radius 3 is 2.61 bits per heavy atom. The zero-order valence-electron chi connectivity index (χ0n) is 10.1. The van der Waals surface area contributed by atoms with Gasteiger partial charge in [0.2, 0.25) is 0 Å². The van der Waals surface area contributed by atoms with Gasteiger partial charge in [-0.1, -0.05) is 52.7 Å². The average Bonchev–Trinajstić information content (AvgIpc) is 2.41. The normalized spacial score (nSPS) is 10.4. The van der Waals surface area contributed by atoms with Crippen LogP contribution >= 0.6 is 27.5 Å². The van der Waals surface area contributed by atoms with Crippen LogP contribution < -0.4 is 4.74 Å². The number of hydrogen-bond acceptors (Lipinski definition) is 1. The molecule has 0 aliphatic carbocycles. The van der Waals surface area contributed by atoms with Gasteiger partial charge in [-0.2, -0.15) is 0 Å². The summed E-state index contributed by atoms with van der Waals surface area (Å²) in [5.74, 6) is 1.51. The van der Waals surface area contributed by atoms with Gasteiger partial charge in [-0.3, -0.25) is 0 Å². The molecule has 0 aliphatic rings. The molecule has 0 unspecified atom stereocenters. The van der Waals surface area contributed by atoms with Gasteiger partial charge in [-0.25, -0.2) is 0 Å². The van der Waals surface area contributed by atoms with Crippen LogP contribution in [0.25, 0.3) is 0 Å². The first-order valence-electron chi connectivity index (χ1n) is 5.84. The SMILES string of the molecule is CCc1cccc(Oc2ccc(CBr)cc2Cl)c1. The second-order valence-corrected chi connectivity index (χ2v) is 4.97. The van der Waals surface area contributed by atoms with Crippen molar-refractivity contribution in [1.29, 1.82) is 0 Å². The zero-order valence-corrected chi connectivity index (χ0v) is 12.5. The van der Waals surface area contributed by atoms with Crippen molar-refractivity contribution in [2.75, 3.05) is 0 Å². The number of hydrogen-bond donors (Lipinski definition) is 0. The van der Waals surface area contributed by atoms with Gasteiger partial charge in [0.15, 0.2) is 0 Å². The molecule has 0 amide bonds. The van der Waals surface area contributed by atoms with E-state index < -0.39 is 0 Å². The lowest BCUT2D eigenvalue weighted by Crippen LogP contribution is -1.88. The van der Waals surface area contributed by atoms with Crippen molar-refractivity contribution in [2.24, 2.45) is 0 Å². The van der Waals surface area contributed by atoms with E-state index in [1.807, 2.05) is 36.4 Å².